The van der Waals surface area contributed by atoms with Crippen molar-refractivity contribution >= 4 is 11.8 Å². The molecule has 0 aromatic heterocycles. The quantitative estimate of drug-likeness (QED) is 0.432. The van der Waals surface area contributed by atoms with E-state index in [1.54, 1.807) is 18.2 Å². The van der Waals surface area contributed by atoms with Crippen molar-refractivity contribution in [2.75, 3.05) is 6.61 Å². The summed E-state index contributed by atoms with van der Waals surface area (Å²) in [4.78, 5) is 23.4. The molecule has 0 aliphatic carbocycles. The summed E-state index contributed by atoms with van der Waals surface area (Å²) in [5.74, 6) is -2.49. The normalized spacial score (nSPS) is 13.6. The highest BCUT2D eigenvalue weighted by Gasteiger charge is 2.30. The van der Waals surface area contributed by atoms with Gasteiger partial charge in [-0.25, -0.2) is 4.39 Å². The molecule has 1 aromatic rings. The van der Waals surface area contributed by atoms with Gasteiger partial charge in [0.15, 0.2) is 12.0 Å². The maximum absolute atomic E-state index is 14.0. The van der Waals surface area contributed by atoms with Crippen LogP contribution in [0.5, 0.6) is 0 Å². The number of carbonyl (C=O) groups excluding carboxylic acids is 2. The molecule has 0 aliphatic heterocycles. The number of ether oxygens (including phenoxy) is 1. The first-order valence-corrected chi connectivity index (χ1v) is 6.47. The molecule has 19 heavy (non-hydrogen) atoms. The number of alkyl halides is 1. The monoisotopic (exact) mass is 266 g/mol. The fourth-order valence-electron chi connectivity index (χ4n) is 1.56. The van der Waals surface area contributed by atoms with Gasteiger partial charge in [-0.1, -0.05) is 43.7 Å². The number of benzene rings is 1. The number of Topliss-reactive ketones (excluding diaryl/α,β-unsaturated/α-hetero) is 1. The van der Waals surface area contributed by atoms with Crippen molar-refractivity contribution in [3.8, 4) is 0 Å². The molecule has 1 rings (SSSR count). The minimum Gasteiger partial charge on any atom is -0.465 e. The average molecular weight is 266 g/mol. The van der Waals surface area contributed by atoms with Gasteiger partial charge in [-0.3, -0.25) is 9.59 Å². The standard InChI is InChI=1S/C15H19FO3/c1-3-4-10-19-15(18)11(2)14(17)13(16)12-8-6-5-7-9-12/h5-9,11,13H,3-4,10H2,1-2H3. The minimum absolute atomic E-state index is 0.265. The first-order valence-electron chi connectivity index (χ1n) is 6.47. The van der Waals surface area contributed by atoms with Crippen LogP contribution in [0.25, 0.3) is 0 Å². The number of carbonyl (C=O) groups is 2. The second kappa shape index (κ2) is 7.67. The summed E-state index contributed by atoms with van der Waals surface area (Å²) in [6.07, 6.45) is -0.148. The van der Waals surface area contributed by atoms with Crippen molar-refractivity contribution in [1.29, 1.82) is 0 Å². The Balaban J connectivity index is 2.59. The van der Waals surface area contributed by atoms with E-state index in [1.807, 2.05) is 6.92 Å². The molecule has 3 nitrogen and oxygen atoms in total. The van der Waals surface area contributed by atoms with Gasteiger partial charge in [0.1, 0.15) is 5.92 Å². The second-order valence-electron chi connectivity index (χ2n) is 4.42. The predicted octanol–water partition coefficient (Wildman–Crippen LogP) is 3.25. The highest BCUT2D eigenvalue weighted by Crippen LogP contribution is 2.22. The van der Waals surface area contributed by atoms with Crippen LogP contribution in [0.2, 0.25) is 0 Å². The predicted molar refractivity (Wildman–Crippen MR) is 70.3 cm³/mol. The number of halogens is 1. The lowest BCUT2D eigenvalue weighted by Gasteiger charge is -2.13. The third-order valence-corrected chi connectivity index (χ3v) is 2.86. The summed E-state index contributed by atoms with van der Waals surface area (Å²) >= 11 is 0. The average Bonchev–Trinajstić information content (AvgIpc) is 2.46. The van der Waals surface area contributed by atoms with Crippen molar-refractivity contribution in [2.24, 2.45) is 5.92 Å². The Labute approximate surface area is 112 Å². The highest BCUT2D eigenvalue weighted by molar-refractivity contribution is 6.01. The van der Waals surface area contributed by atoms with Crippen LogP contribution in [0.15, 0.2) is 30.3 Å². The van der Waals surface area contributed by atoms with Gasteiger partial charge in [0.25, 0.3) is 0 Å². The fourth-order valence-corrected chi connectivity index (χ4v) is 1.56. The minimum atomic E-state index is -1.78. The molecule has 0 saturated heterocycles. The molecule has 0 bridgehead atoms. The molecule has 0 amide bonds. The highest BCUT2D eigenvalue weighted by atomic mass is 19.1. The Morgan fingerprint density at radius 2 is 1.89 bits per heavy atom. The Hall–Kier alpha value is -1.71. The molecule has 2 unspecified atom stereocenters. The number of esters is 1. The van der Waals surface area contributed by atoms with Crippen LogP contribution in [-0.4, -0.2) is 18.4 Å². The lowest BCUT2D eigenvalue weighted by Crippen LogP contribution is -2.26. The van der Waals surface area contributed by atoms with Crippen molar-refractivity contribution in [3.63, 3.8) is 0 Å². The van der Waals surface area contributed by atoms with Crippen molar-refractivity contribution in [3.05, 3.63) is 35.9 Å². The van der Waals surface area contributed by atoms with Crippen LogP contribution in [0.1, 0.15) is 38.4 Å². The first kappa shape index (κ1) is 15.3. The Morgan fingerprint density at radius 3 is 2.47 bits per heavy atom. The van der Waals surface area contributed by atoms with Crippen LogP contribution in [-0.2, 0) is 14.3 Å². The topological polar surface area (TPSA) is 43.4 Å². The summed E-state index contributed by atoms with van der Waals surface area (Å²) in [6.45, 7) is 3.62. The molecule has 104 valence electrons. The lowest BCUT2D eigenvalue weighted by molar-refractivity contribution is -0.152. The lowest BCUT2D eigenvalue weighted by atomic mass is 9.98. The molecule has 0 radical (unpaired) electrons. The number of hydrogen-bond acceptors (Lipinski definition) is 3. The van der Waals surface area contributed by atoms with E-state index in [0.29, 0.717) is 0 Å². The Morgan fingerprint density at radius 1 is 1.26 bits per heavy atom. The number of rotatable bonds is 7. The van der Waals surface area contributed by atoms with Crippen LogP contribution >= 0.6 is 0 Å². The summed E-state index contributed by atoms with van der Waals surface area (Å²) in [5, 5.41) is 0. The third-order valence-electron chi connectivity index (χ3n) is 2.86. The number of ketones is 1. The van der Waals surface area contributed by atoms with Crippen LogP contribution in [0, 0.1) is 5.92 Å². The maximum Gasteiger partial charge on any atom is 0.316 e. The van der Waals surface area contributed by atoms with E-state index in [-0.39, 0.29) is 12.2 Å². The summed E-state index contributed by atoms with van der Waals surface area (Å²) in [5.41, 5.74) is 0.265. The molecule has 1 aromatic carbocycles. The van der Waals surface area contributed by atoms with E-state index < -0.39 is 23.8 Å². The van der Waals surface area contributed by atoms with E-state index in [9.17, 15) is 14.0 Å². The smallest absolute Gasteiger partial charge is 0.316 e. The first-order chi connectivity index (χ1) is 9.07. The van der Waals surface area contributed by atoms with Crippen LogP contribution in [0.4, 0.5) is 4.39 Å². The molecule has 0 fully saturated rings. The number of hydrogen-bond donors (Lipinski definition) is 0. The Kier molecular flexibility index (Phi) is 6.19. The van der Waals surface area contributed by atoms with Crippen molar-refractivity contribution in [2.45, 2.75) is 32.9 Å². The molecule has 0 saturated carbocycles. The van der Waals surface area contributed by atoms with Gasteiger partial charge in [0.2, 0.25) is 0 Å². The van der Waals surface area contributed by atoms with Gasteiger partial charge < -0.3 is 4.74 Å². The van der Waals surface area contributed by atoms with E-state index in [2.05, 4.69) is 0 Å². The van der Waals surface area contributed by atoms with Gasteiger partial charge in [-0.2, -0.15) is 0 Å². The van der Waals surface area contributed by atoms with Gasteiger partial charge in [-0.15, -0.1) is 0 Å². The SMILES string of the molecule is CCCCOC(=O)C(C)C(=O)C(F)c1ccccc1. The van der Waals surface area contributed by atoms with E-state index in [0.717, 1.165) is 12.8 Å². The second-order valence-corrected chi connectivity index (χ2v) is 4.42. The zero-order valence-corrected chi connectivity index (χ0v) is 11.3. The molecular weight excluding hydrogens is 247 g/mol. The molecule has 0 aliphatic rings. The maximum atomic E-state index is 14.0. The van der Waals surface area contributed by atoms with Crippen LogP contribution in [0.3, 0.4) is 0 Å². The van der Waals surface area contributed by atoms with E-state index in [1.165, 1.54) is 19.1 Å². The molecular formula is C15H19FO3. The van der Waals surface area contributed by atoms with Crippen LogP contribution < -0.4 is 0 Å². The summed E-state index contributed by atoms with van der Waals surface area (Å²) in [7, 11) is 0. The van der Waals surface area contributed by atoms with Crippen molar-refractivity contribution in [1.82, 2.24) is 0 Å². The molecule has 0 spiro atoms. The van der Waals surface area contributed by atoms with E-state index in [4.69, 9.17) is 4.74 Å². The van der Waals surface area contributed by atoms with Gasteiger partial charge >= 0.3 is 5.97 Å². The van der Waals surface area contributed by atoms with Gasteiger partial charge in [0, 0.05) is 0 Å². The largest absolute Gasteiger partial charge is 0.465 e. The molecule has 0 N–H and O–H groups in total. The zero-order chi connectivity index (χ0) is 14.3. The summed E-state index contributed by atoms with van der Waals surface area (Å²) in [6, 6.07) is 8.09. The summed E-state index contributed by atoms with van der Waals surface area (Å²) < 4.78 is 18.9. The molecule has 4 heteroatoms. The zero-order valence-electron chi connectivity index (χ0n) is 11.3. The molecule has 2 atom stereocenters. The third kappa shape index (κ3) is 4.47. The van der Waals surface area contributed by atoms with Gasteiger partial charge in [0.05, 0.1) is 6.61 Å². The molecule has 0 heterocycles. The van der Waals surface area contributed by atoms with E-state index >= 15 is 0 Å². The Bertz CT molecular complexity index is 417. The van der Waals surface area contributed by atoms with Gasteiger partial charge in [-0.05, 0) is 18.9 Å². The van der Waals surface area contributed by atoms with Crippen molar-refractivity contribution < 1.29 is 18.7 Å². The number of unbranched alkanes of at least 4 members (excludes halogenated alkanes) is 1. The fraction of sp³-hybridized carbons (Fsp3) is 0.467.